The minimum absolute atomic E-state index is 0.535. The summed E-state index contributed by atoms with van der Waals surface area (Å²) in [5.74, 6) is 0. The molecule has 16 heavy (non-hydrogen) atoms. The van der Waals surface area contributed by atoms with Gasteiger partial charge in [-0.05, 0) is 17.7 Å². The van der Waals surface area contributed by atoms with Gasteiger partial charge in [-0.1, -0.05) is 33.6 Å². The summed E-state index contributed by atoms with van der Waals surface area (Å²) >= 11 is 10.8. The fraction of sp³-hybridized carbons (Fsp3) is 0.182. The Morgan fingerprint density at radius 3 is 2.94 bits per heavy atom. The van der Waals surface area contributed by atoms with Crippen molar-refractivity contribution in [1.29, 1.82) is 0 Å². The average molecular weight is 319 g/mol. The second kappa shape index (κ2) is 5.27. The van der Waals surface area contributed by atoms with Crippen LogP contribution in [0, 0.1) is 0 Å². The maximum Gasteiger partial charge on any atom is 0.0849 e. The van der Waals surface area contributed by atoms with Crippen LogP contribution < -0.4 is 0 Å². The molecule has 1 unspecified atom stereocenters. The van der Waals surface area contributed by atoms with Gasteiger partial charge in [0, 0.05) is 27.0 Å². The summed E-state index contributed by atoms with van der Waals surface area (Å²) in [6.45, 7) is 0. The van der Waals surface area contributed by atoms with Gasteiger partial charge in [0.05, 0.1) is 11.6 Å². The maximum absolute atomic E-state index is 10.1. The molecular weight excluding hydrogens is 310 g/mol. The minimum Gasteiger partial charge on any atom is -0.388 e. The zero-order valence-electron chi connectivity index (χ0n) is 8.23. The number of aliphatic hydroxyl groups excluding tert-OH is 1. The van der Waals surface area contributed by atoms with Crippen molar-refractivity contribution in [3.05, 3.63) is 49.8 Å². The van der Waals surface area contributed by atoms with Crippen molar-refractivity contribution in [1.82, 2.24) is 4.98 Å². The number of rotatable bonds is 3. The van der Waals surface area contributed by atoms with Crippen LogP contribution in [-0.2, 0) is 6.42 Å². The molecule has 0 saturated heterocycles. The zero-order valence-corrected chi connectivity index (χ0v) is 11.4. The van der Waals surface area contributed by atoms with Gasteiger partial charge in [0.1, 0.15) is 0 Å². The first kappa shape index (κ1) is 12.0. The van der Waals surface area contributed by atoms with Crippen LogP contribution in [0.2, 0.25) is 5.02 Å². The van der Waals surface area contributed by atoms with E-state index in [2.05, 4.69) is 20.9 Å². The smallest absolute Gasteiger partial charge is 0.0849 e. The van der Waals surface area contributed by atoms with Crippen molar-refractivity contribution < 1.29 is 5.11 Å². The molecular formula is C11H9BrClNOS. The molecule has 0 saturated carbocycles. The van der Waals surface area contributed by atoms with Crippen molar-refractivity contribution in [2.75, 3.05) is 0 Å². The Kier molecular flexibility index (Phi) is 3.97. The predicted octanol–water partition coefficient (Wildman–Crippen LogP) is 3.84. The molecule has 0 aliphatic carbocycles. The molecule has 2 nitrogen and oxygen atoms in total. The SMILES string of the molecule is OC(Cc1cncs1)c1ccc(Cl)cc1Br. The van der Waals surface area contributed by atoms with Gasteiger partial charge in [-0.3, -0.25) is 4.98 Å². The third-order valence-corrected chi connectivity index (χ3v) is 3.92. The first-order valence-electron chi connectivity index (χ1n) is 4.67. The van der Waals surface area contributed by atoms with Crippen LogP contribution in [0.5, 0.6) is 0 Å². The molecule has 1 aromatic carbocycles. The van der Waals surface area contributed by atoms with E-state index in [9.17, 15) is 5.11 Å². The number of hydrogen-bond acceptors (Lipinski definition) is 3. The summed E-state index contributed by atoms with van der Waals surface area (Å²) in [6, 6.07) is 5.39. The Morgan fingerprint density at radius 2 is 2.31 bits per heavy atom. The fourth-order valence-corrected chi connectivity index (χ4v) is 3.00. The normalized spacial score (nSPS) is 12.7. The lowest BCUT2D eigenvalue weighted by atomic mass is 10.1. The fourth-order valence-electron chi connectivity index (χ4n) is 1.42. The summed E-state index contributed by atoms with van der Waals surface area (Å²) in [5.41, 5.74) is 2.61. The van der Waals surface area contributed by atoms with Gasteiger partial charge in [-0.2, -0.15) is 0 Å². The van der Waals surface area contributed by atoms with Crippen molar-refractivity contribution in [2.45, 2.75) is 12.5 Å². The molecule has 2 aromatic rings. The van der Waals surface area contributed by atoms with Crippen LogP contribution in [0.4, 0.5) is 0 Å². The van der Waals surface area contributed by atoms with Gasteiger partial charge < -0.3 is 5.11 Å². The van der Waals surface area contributed by atoms with Gasteiger partial charge >= 0.3 is 0 Å². The Hall–Kier alpha value is -0.420. The number of nitrogens with zero attached hydrogens (tertiary/aromatic N) is 1. The van der Waals surface area contributed by atoms with E-state index in [4.69, 9.17) is 11.6 Å². The second-order valence-corrected chi connectivity index (χ2v) is 5.62. The molecule has 0 aliphatic rings. The topological polar surface area (TPSA) is 33.1 Å². The van der Waals surface area contributed by atoms with Gasteiger partial charge in [0.2, 0.25) is 0 Å². The monoisotopic (exact) mass is 317 g/mol. The number of halogens is 2. The molecule has 1 N–H and O–H groups in total. The zero-order chi connectivity index (χ0) is 11.5. The molecule has 2 rings (SSSR count). The number of hydrogen-bond donors (Lipinski definition) is 1. The number of benzene rings is 1. The molecule has 1 atom stereocenters. The summed E-state index contributed by atoms with van der Waals surface area (Å²) in [4.78, 5) is 5.04. The van der Waals surface area contributed by atoms with Gasteiger partial charge in [-0.15, -0.1) is 11.3 Å². The highest BCUT2D eigenvalue weighted by molar-refractivity contribution is 9.10. The number of aliphatic hydroxyl groups is 1. The minimum atomic E-state index is -0.535. The molecule has 0 amide bonds. The van der Waals surface area contributed by atoms with E-state index in [0.717, 1.165) is 14.9 Å². The van der Waals surface area contributed by atoms with Crippen LogP contribution in [0.1, 0.15) is 16.5 Å². The molecule has 84 valence electrons. The summed E-state index contributed by atoms with van der Waals surface area (Å²) in [6.07, 6.45) is 1.81. The van der Waals surface area contributed by atoms with Crippen LogP contribution in [0.3, 0.4) is 0 Å². The largest absolute Gasteiger partial charge is 0.388 e. The molecule has 0 aliphatic heterocycles. The van der Waals surface area contributed by atoms with E-state index < -0.39 is 6.10 Å². The van der Waals surface area contributed by atoms with Crippen LogP contribution in [0.15, 0.2) is 34.4 Å². The highest BCUT2D eigenvalue weighted by Crippen LogP contribution is 2.29. The molecule has 0 spiro atoms. The first-order valence-corrected chi connectivity index (χ1v) is 6.72. The Bertz CT molecular complexity index is 475. The molecule has 0 radical (unpaired) electrons. The standard InChI is InChI=1S/C11H9BrClNOS/c12-10-3-7(13)1-2-9(10)11(15)4-8-5-14-6-16-8/h1-3,5-6,11,15H,4H2. The molecule has 5 heteroatoms. The van der Waals surface area contributed by atoms with Crippen LogP contribution >= 0.6 is 38.9 Å². The lowest BCUT2D eigenvalue weighted by molar-refractivity contribution is 0.178. The lowest BCUT2D eigenvalue weighted by Gasteiger charge is -2.11. The second-order valence-electron chi connectivity index (χ2n) is 3.35. The van der Waals surface area contributed by atoms with Crippen molar-refractivity contribution in [3.8, 4) is 0 Å². The molecule has 1 heterocycles. The van der Waals surface area contributed by atoms with Gasteiger partial charge in [0.15, 0.2) is 0 Å². The van der Waals surface area contributed by atoms with Crippen LogP contribution in [0.25, 0.3) is 0 Å². The number of aromatic nitrogens is 1. The van der Waals surface area contributed by atoms with E-state index in [1.165, 1.54) is 0 Å². The van der Waals surface area contributed by atoms with E-state index >= 15 is 0 Å². The number of thiazole rings is 1. The van der Waals surface area contributed by atoms with E-state index in [1.807, 2.05) is 6.07 Å². The Morgan fingerprint density at radius 1 is 1.50 bits per heavy atom. The highest BCUT2D eigenvalue weighted by atomic mass is 79.9. The summed E-state index contributed by atoms with van der Waals surface area (Å²) in [5, 5.41) is 10.7. The van der Waals surface area contributed by atoms with E-state index in [-0.39, 0.29) is 0 Å². The van der Waals surface area contributed by atoms with Crippen molar-refractivity contribution >= 4 is 38.9 Å². The summed E-state index contributed by atoms with van der Waals surface area (Å²) in [7, 11) is 0. The van der Waals surface area contributed by atoms with E-state index in [0.29, 0.717) is 11.4 Å². The molecule has 0 bridgehead atoms. The van der Waals surface area contributed by atoms with Crippen LogP contribution in [-0.4, -0.2) is 10.1 Å². The summed E-state index contributed by atoms with van der Waals surface area (Å²) < 4.78 is 0.831. The molecule has 0 fully saturated rings. The first-order chi connectivity index (χ1) is 7.66. The lowest BCUT2D eigenvalue weighted by Crippen LogP contribution is -2.01. The third-order valence-electron chi connectivity index (χ3n) is 2.20. The van der Waals surface area contributed by atoms with Crippen molar-refractivity contribution in [3.63, 3.8) is 0 Å². The van der Waals surface area contributed by atoms with Gasteiger partial charge in [-0.25, -0.2) is 0 Å². The third kappa shape index (κ3) is 2.83. The predicted molar refractivity (Wildman–Crippen MR) is 69.9 cm³/mol. The Labute approximate surface area is 111 Å². The maximum atomic E-state index is 10.1. The van der Waals surface area contributed by atoms with E-state index in [1.54, 1.807) is 35.2 Å². The average Bonchev–Trinajstić information content (AvgIpc) is 2.70. The quantitative estimate of drug-likeness (QED) is 0.933. The molecule has 1 aromatic heterocycles. The van der Waals surface area contributed by atoms with Gasteiger partial charge in [0.25, 0.3) is 0 Å². The Balaban J connectivity index is 2.17. The van der Waals surface area contributed by atoms with Crippen molar-refractivity contribution in [2.24, 2.45) is 0 Å². The highest BCUT2D eigenvalue weighted by Gasteiger charge is 2.13.